The van der Waals surface area contributed by atoms with Crippen LogP contribution < -0.4 is 10.2 Å². The number of nitrogens with zero attached hydrogens (tertiary/aromatic N) is 2. The first kappa shape index (κ1) is 17.9. The SMILES string of the molecule is O=C(O)C1CCN(c2ccc(NC3=CC(=O)N(CCO)C3=O)cc2)CC1. The molecule has 26 heavy (non-hydrogen) atoms. The number of nitrogens with one attached hydrogen (secondary N) is 1. The third kappa shape index (κ3) is 3.70. The van der Waals surface area contributed by atoms with E-state index in [1.165, 1.54) is 6.08 Å². The Bertz CT molecular complexity index is 736. The van der Waals surface area contributed by atoms with Crippen LogP contribution in [-0.2, 0) is 14.4 Å². The summed E-state index contributed by atoms with van der Waals surface area (Å²) in [6, 6.07) is 7.42. The van der Waals surface area contributed by atoms with Gasteiger partial charge in [0, 0.05) is 30.5 Å². The van der Waals surface area contributed by atoms with Crippen molar-refractivity contribution in [2.75, 3.05) is 36.5 Å². The lowest BCUT2D eigenvalue weighted by Crippen LogP contribution is -2.36. The molecule has 3 rings (SSSR count). The fourth-order valence-electron chi connectivity index (χ4n) is 3.21. The molecule has 0 atom stereocenters. The van der Waals surface area contributed by atoms with Crippen LogP contribution in [0.15, 0.2) is 36.0 Å². The van der Waals surface area contributed by atoms with Crippen molar-refractivity contribution in [3.8, 4) is 0 Å². The van der Waals surface area contributed by atoms with E-state index in [-0.39, 0.29) is 24.8 Å². The molecule has 2 aliphatic heterocycles. The van der Waals surface area contributed by atoms with E-state index in [0.29, 0.717) is 31.6 Å². The number of amides is 2. The highest BCUT2D eigenvalue weighted by Crippen LogP contribution is 2.25. The van der Waals surface area contributed by atoms with Gasteiger partial charge in [-0.1, -0.05) is 0 Å². The van der Waals surface area contributed by atoms with E-state index in [4.69, 9.17) is 10.2 Å². The summed E-state index contributed by atoms with van der Waals surface area (Å²) < 4.78 is 0. The second-order valence-electron chi connectivity index (χ2n) is 6.35. The van der Waals surface area contributed by atoms with Crippen LogP contribution in [0.5, 0.6) is 0 Å². The lowest BCUT2D eigenvalue weighted by Gasteiger charge is -2.32. The van der Waals surface area contributed by atoms with Crippen LogP contribution in [0, 0.1) is 5.92 Å². The van der Waals surface area contributed by atoms with Crippen molar-refractivity contribution in [2.24, 2.45) is 5.92 Å². The molecule has 138 valence electrons. The predicted molar refractivity (Wildman–Crippen MR) is 94.5 cm³/mol. The number of aliphatic hydroxyl groups excluding tert-OH is 1. The molecule has 0 spiro atoms. The Morgan fingerprint density at radius 3 is 2.38 bits per heavy atom. The summed E-state index contributed by atoms with van der Waals surface area (Å²) in [5.74, 6) is -1.90. The molecule has 1 aromatic carbocycles. The number of aliphatic carboxylic acids is 1. The van der Waals surface area contributed by atoms with Crippen molar-refractivity contribution in [3.05, 3.63) is 36.0 Å². The van der Waals surface area contributed by atoms with Gasteiger partial charge in [-0.25, -0.2) is 0 Å². The number of anilines is 2. The Labute approximate surface area is 150 Å². The Hall–Kier alpha value is -2.87. The zero-order valence-electron chi connectivity index (χ0n) is 14.2. The third-order valence-electron chi connectivity index (χ3n) is 4.69. The summed E-state index contributed by atoms with van der Waals surface area (Å²) in [7, 11) is 0. The van der Waals surface area contributed by atoms with Gasteiger partial charge in [0.2, 0.25) is 0 Å². The predicted octanol–water partition coefficient (Wildman–Crippen LogP) is 0.644. The van der Waals surface area contributed by atoms with Crippen LogP contribution >= 0.6 is 0 Å². The van der Waals surface area contributed by atoms with Crippen LogP contribution in [0.25, 0.3) is 0 Å². The topological polar surface area (TPSA) is 110 Å². The monoisotopic (exact) mass is 359 g/mol. The number of aliphatic hydroxyl groups is 1. The summed E-state index contributed by atoms with van der Waals surface area (Å²) in [6.45, 7) is 1.09. The number of piperidine rings is 1. The minimum atomic E-state index is -0.733. The van der Waals surface area contributed by atoms with Gasteiger partial charge in [-0.2, -0.15) is 0 Å². The number of rotatable bonds is 6. The second kappa shape index (κ2) is 7.57. The van der Waals surface area contributed by atoms with Crippen molar-refractivity contribution in [1.29, 1.82) is 0 Å². The lowest BCUT2D eigenvalue weighted by molar-refractivity contribution is -0.142. The van der Waals surface area contributed by atoms with E-state index in [1.807, 2.05) is 24.3 Å². The quantitative estimate of drug-likeness (QED) is 0.640. The molecule has 1 aromatic rings. The Morgan fingerprint density at radius 1 is 1.15 bits per heavy atom. The molecule has 2 heterocycles. The molecule has 0 aliphatic carbocycles. The van der Waals surface area contributed by atoms with Crippen LogP contribution in [0.2, 0.25) is 0 Å². The number of imide groups is 1. The Morgan fingerprint density at radius 2 is 1.81 bits per heavy atom. The molecule has 0 aromatic heterocycles. The highest BCUT2D eigenvalue weighted by Gasteiger charge is 2.30. The van der Waals surface area contributed by atoms with Gasteiger partial charge in [0.05, 0.1) is 19.1 Å². The molecule has 1 fully saturated rings. The number of carboxylic acid groups (broad SMARTS) is 1. The van der Waals surface area contributed by atoms with Crippen LogP contribution in [0.4, 0.5) is 11.4 Å². The fourth-order valence-corrected chi connectivity index (χ4v) is 3.21. The van der Waals surface area contributed by atoms with Gasteiger partial charge >= 0.3 is 5.97 Å². The van der Waals surface area contributed by atoms with Gasteiger partial charge in [0.15, 0.2) is 0 Å². The summed E-state index contributed by atoms with van der Waals surface area (Å²) in [5, 5.41) is 20.9. The van der Waals surface area contributed by atoms with Crippen molar-refractivity contribution in [3.63, 3.8) is 0 Å². The van der Waals surface area contributed by atoms with Gasteiger partial charge in [-0.05, 0) is 37.1 Å². The number of hydrogen-bond donors (Lipinski definition) is 3. The number of carbonyl (C=O) groups excluding carboxylic acids is 2. The maximum absolute atomic E-state index is 12.1. The van der Waals surface area contributed by atoms with Crippen molar-refractivity contribution in [2.45, 2.75) is 12.8 Å². The molecular formula is C18H21N3O5. The average molecular weight is 359 g/mol. The van der Waals surface area contributed by atoms with Crippen molar-refractivity contribution < 1.29 is 24.6 Å². The van der Waals surface area contributed by atoms with Crippen LogP contribution in [0.1, 0.15) is 12.8 Å². The van der Waals surface area contributed by atoms with Gasteiger partial charge in [0.25, 0.3) is 11.8 Å². The van der Waals surface area contributed by atoms with E-state index < -0.39 is 17.8 Å². The average Bonchev–Trinajstić information content (AvgIpc) is 2.90. The van der Waals surface area contributed by atoms with E-state index in [2.05, 4.69) is 10.2 Å². The van der Waals surface area contributed by atoms with Gasteiger partial charge in [0.1, 0.15) is 5.70 Å². The summed E-state index contributed by atoms with van der Waals surface area (Å²) in [4.78, 5) is 38.0. The first-order valence-electron chi connectivity index (χ1n) is 8.53. The van der Waals surface area contributed by atoms with E-state index in [0.717, 1.165) is 10.6 Å². The van der Waals surface area contributed by atoms with Gasteiger partial charge in [-0.3, -0.25) is 19.3 Å². The molecule has 0 bridgehead atoms. The minimum Gasteiger partial charge on any atom is -0.481 e. The summed E-state index contributed by atoms with van der Waals surface area (Å²) >= 11 is 0. The highest BCUT2D eigenvalue weighted by atomic mass is 16.4. The van der Waals surface area contributed by atoms with Crippen molar-refractivity contribution in [1.82, 2.24) is 4.90 Å². The zero-order chi connectivity index (χ0) is 18.7. The standard InChI is InChI=1S/C18H21N3O5/c22-10-9-21-16(23)11-15(17(21)24)19-13-1-3-14(4-2-13)20-7-5-12(6-8-20)18(25)26/h1-4,11-12,19,22H,5-10H2,(H,25,26). The minimum absolute atomic E-state index is 0.0232. The number of carbonyl (C=O) groups is 3. The molecule has 0 radical (unpaired) electrons. The molecule has 0 saturated carbocycles. The van der Waals surface area contributed by atoms with E-state index >= 15 is 0 Å². The lowest BCUT2D eigenvalue weighted by atomic mass is 9.97. The number of hydrogen-bond acceptors (Lipinski definition) is 6. The molecule has 8 nitrogen and oxygen atoms in total. The number of benzene rings is 1. The third-order valence-corrected chi connectivity index (χ3v) is 4.69. The molecule has 2 aliphatic rings. The van der Waals surface area contributed by atoms with E-state index in [1.54, 1.807) is 0 Å². The molecular weight excluding hydrogens is 338 g/mol. The number of β-amino-alcohol motifs (C(OH)–C–C–N with tert-alkyl or cyclic N) is 1. The highest BCUT2D eigenvalue weighted by molar-refractivity contribution is 6.17. The summed E-state index contributed by atoms with van der Waals surface area (Å²) in [5.41, 5.74) is 1.84. The fraction of sp³-hybridized carbons (Fsp3) is 0.389. The van der Waals surface area contributed by atoms with Gasteiger partial charge < -0.3 is 20.4 Å². The maximum atomic E-state index is 12.1. The largest absolute Gasteiger partial charge is 0.481 e. The number of carboxylic acids is 1. The Balaban J connectivity index is 1.60. The van der Waals surface area contributed by atoms with E-state index in [9.17, 15) is 14.4 Å². The smallest absolute Gasteiger partial charge is 0.306 e. The van der Waals surface area contributed by atoms with Crippen LogP contribution in [-0.4, -0.2) is 59.1 Å². The second-order valence-corrected chi connectivity index (χ2v) is 6.35. The first-order valence-corrected chi connectivity index (χ1v) is 8.53. The maximum Gasteiger partial charge on any atom is 0.306 e. The van der Waals surface area contributed by atoms with Crippen molar-refractivity contribution >= 4 is 29.2 Å². The molecule has 0 unspecified atom stereocenters. The zero-order valence-corrected chi connectivity index (χ0v) is 14.2. The molecule has 1 saturated heterocycles. The first-order chi connectivity index (χ1) is 12.5. The molecule has 3 N–H and O–H groups in total. The molecule has 8 heteroatoms. The van der Waals surface area contributed by atoms with Gasteiger partial charge in [-0.15, -0.1) is 0 Å². The normalized spacial score (nSPS) is 18.3. The molecule has 2 amide bonds. The van der Waals surface area contributed by atoms with Crippen LogP contribution in [0.3, 0.4) is 0 Å². The summed E-state index contributed by atoms with van der Waals surface area (Å²) in [6.07, 6.45) is 2.47. The Kier molecular flexibility index (Phi) is 5.22.